The lowest BCUT2D eigenvalue weighted by molar-refractivity contribution is 0.374. The Balaban J connectivity index is 1.64. The predicted octanol–water partition coefficient (Wildman–Crippen LogP) is 1.38. The smallest absolute Gasteiger partial charge is 0.00116 e. The topological polar surface area (TPSA) is 24.1 Å². The summed E-state index contributed by atoms with van der Waals surface area (Å²) in [6.07, 6.45) is 5.58. The van der Waals surface area contributed by atoms with Crippen LogP contribution in [0.1, 0.15) is 32.6 Å². The molecule has 0 aromatic rings. The van der Waals surface area contributed by atoms with E-state index in [1.807, 2.05) is 0 Å². The molecule has 1 heterocycles. The number of nitrogens with one attached hydrogen (secondary N) is 2. The van der Waals surface area contributed by atoms with Crippen LogP contribution in [0.3, 0.4) is 0 Å². The van der Waals surface area contributed by atoms with Gasteiger partial charge in [-0.25, -0.2) is 0 Å². The summed E-state index contributed by atoms with van der Waals surface area (Å²) in [6, 6.07) is 0. The predicted molar refractivity (Wildman–Crippen MR) is 55.8 cm³/mol. The SMILES string of the molecule is CCCCNCC1CNCC12CC2. The molecular formula is C11H22N2. The lowest BCUT2D eigenvalue weighted by Gasteiger charge is -2.17. The van der Waals surface area contributed by atoms with Gasteiger partial charge in [-0.05, 0) is 50.2 Å². The van der Waals surface area contributed by atoms with Gasteiger partial charge >= 0.3 is 0 Å². The van der Waals surface area contributed by atoms with Gasteiger partial charge in [-0.3, -0.25) is 0 Å². The summed E-state index contributed by atoms with van der Waals surface area (Å²) in [4.78, 5) is 0. The summed E-state index contributed by atoms with van der Waals surface area (Å²) in [7, 11) is 0. The molecule has 1 aliphatic heterocycles. The highest BCUT2D eigenvalue weighted by Crippen LogP contribution is 2.53. The van der Waals surface area contributed by atoms with E-state index in [-0.39, 0.29) is 0 Å². The zero-order valence-corrected chi connectivity index (χ0v) is 8.73. The van der Waals surface area contributed by atoms with Crippen molar-refractivity contribution in [2.24, 2.45) is 11.3 Å². The number of hydrogen-bond donors (Lipinski definition) is 2. The number of hydrogen-bond acceptors (Lipinski definition) is 2. The van der Waals surface area contributed by atoms with Crippen molar-refractivity contribution >= 4 is 0 Å². The second-order valence-corrected chi connectivity index (χ2v) is 4.75. The molecule has 1 saturated carbocycles. The van der Waals surface area contributed by atoms with Crippen LogP contribution in [0.2, 0.25) is 0 Å². The van der Waals surface area contributed by atoms with Crippen LogP contribution in [-0.2, 0) is 0 Å². The Labute approximate surface area is 81.5 Å². The largest absolute Gasteiger partial charge is 0.316 e. The molecule has 0 amide bonds. The summed E-state index contributed by atoms with van der Waals surface area (Å²) in [6.45, 7) is 7.24. The van der Waals surface area contributed by atoms with Gasteiger partial charge in [0.05, 0.1) is 0 Å². The molecule has 0 bridgehead atoms. The van der Waals surface area contributed by atoms with Gasteiger partial charge < -0.3 is 10.6 Å². The highest BCUT2D eigenvalue weighted by Gasteiger charge is 2.51. The van der Waals surface area contributed by atoms with Crippen molar-refractivity contribution in [3.63, 3.8) is 0 Å². The fraction of sp³-hybridized carbons (Fsp3) is 1.00. The summed E-state index contributed by atoms with van der Waals surface area (Å²) in [5.41, 5.74) is 0.735. The van der Waals surface area contributed by atoms with Crippen LogP contribution in [0, 0.1) is 11.3 Å². The van der Waals surface area contributed by atoms with Crippen LogP contribution >= 0.6 is 0 Å². The van der Waals surface area contributed by atoms with Crippen molar-refractivity contribution in [3.8, 4) is 0 Å². The van der Waals surface area contributed by atoms with Crippen LogP contribution in [-0.4, -0.2) is 26.2 Å². The Kier molecular flexibility index (Phi) is 2.89. The Bertz CT molecular complexity index is 163. The highest BCUT2D eigenvalue weighted by atomic mass is 15.0. The molecule has 2 heteroatoms. The molecule has 1 aliphatic carbocycles. The van der Waals surface area contributed by atoms with Gasteiger partial charge in [0.2, 0.25) is 0 Å². The molecule has 2 N–H and O–H groups in total. The van der Waals surface area contributed by atoms with Gasteiger partial charge in [-0.2, -0.15) is 0 Å². The molecule has 1 spiro atoms. The van der Waals surface area contributed by atoms with E-state index in [4.69, 9.17) is 0 Å². The second kappa shape index (κ2) is 3.97. The van der Waals surface area contributed by atoms with Crippen molar-refractivity contribution in [2.45, 2.75) is 32.6 Å². The first-order chi connectivity index (χ1) is 6.37. The van der Waals surface area contributed by atoms with Crippen molar-refractivity contribution in [1.29, 1.82) is 0 Å². The molecule has 1 unspecified atom stereocenters. The summed E-state index contributed by atoms with van der Waals surface area (Å²) >= 11 is 0. The normalized spacial score (nSPS) is 29.8. The minimum absolute atomic E-state index is 0.735. The van der Waals surface area contributed by atoms with E-state index in [1.165, 1.54) is 51.9 Å². The molecule has 1 atom stereocenters. The van der Waals surface area contributed by atoms with Crippen molar-refractivity contribution in [1.82, 2.24) is 10.6 Å². The van der Waals surface area contributed by atoms with E-state index < -0.39 is 0 Å². The quantitative estimate of drug-likeness (QED) is 0.628. The van der Waals surface area contributed by atoms with E-state index in [9.17, 15) is 0 Å². The van der Waals surface area contributed by atoms with E-state index in [1.54, 1.807) is 0 Å². The van der Waals surface area contributed by atoms with Crippen molar-refractivity contribution in [2.75, 3.05) is 26.2 Å². The standard InChI is InChI=1S/C11H22N2/c1-2-3-6-12-7-10-8-13-9-11(10)4-5-11/h10,12-13H,2-9H2,1H3. The Morgan fingerprint density at radius 1 is 1.46 bits per heavy atom. The summed E-state index contributed by atoms with van der Waals surface area (Å²) in [5, 5.41) is 7.11. The molecule has 0 aromatic heterocycles. The molecule has 13 heavy (non-hydrogen) atoms. The zero-order chi connectivity index (χ0) is 9.15. The van der Waals surface area contributed by atoms with Gasteiger partial charge in [0.1, 0.15) is 0 Å². The van der Waals surface area contributed by atoms with E-state index in [0.29, 0.717) is 0 Å². The molecule has 2 aliphatic rings. The van der Waals surface area contributed by atoms with E-state index >= 15 is 0 Å². The van der Waals surface area contributed by atoms with Crippen LogP contribution in [0.5, 0.6) is 0 Å². The van der Waals surface area contributed by atoms with E-state index in [0.717, 1.165) is 11.3 Å². The van der Waals surface area contributed by atoms with Gasteiger partial charge in [-0.15, -0.1) is 0 Å². The van der Waals surface area contributed by atoms with Gasteiger partial charge in [0.15, 0.2) is 0 Å². The summed E-state index contributed by atoms with van der Waals surface area (Å²) < 4.78 is 0. The maximum atomic E-state index is 3.58. The second-order valence-electron chi connectivity index (χ2n) is 4.75. The Morgan fingerprint density at radius 2 is 2.31 bits per heavy atom. The average Bonchev–Trinajstić information content (AvgIpc) is 2.78. The van der Waals surface area contributed by atoms with Gasteiger partial charge in [0, 0.05) is 6.54 Å². The maximum absolute atomic E-state index is 3.58. The van der Waals surface area contributed by atoms with Gasteiger partial charge in [0.25, 0.3) is 0 Å². The summed E-state index contributed by atoms with van der Waals surface area (Å²) in [5.74, 6) is 0.921. The molecule has 0 aromatic carbocycles. The third kappa shape index (κ3) is 2.05. The average molecular weight is 182 g/mol. The van der Waals surface area contributed by atoms with Crippen LogP contribution < -0.4 is 10.6 Å². The minimum Gasteiger partial charge on any atom is -0.316 e. The molecule has 76 valence electrons. The van der Waals surface area contributed by atoms with Crippen LogP contribution in [0.15, 0.2) is 0 Å². The monoisotopic (exact) mass is 182 g/mol. The minimum atomic E-state index is 0.735. The number of rotatable bonds is 5. The zero-order valence-electron chi connectivity index (χ0n) is 8.73. The van der Waals surface area contributed by atoms with Crippen molar-refractivity contribution in [3.05, 3.63) is 0 Å². The van der Waals surface area contributed by atoms with E-state index in [2.05, 4.69) is 17.6 Å². The van der Waals surface area contributed by atoms with Crippen LogP contribution in [0.25, 0.3) is 0 Å². The molecule has 2 rings (SSSR count). The van der Waals surface area contributed by atoms with Gasteiger partial charge in [-0.1, -0.05) is 13.3 Å². The Hall–Kier alpha value is -0.0800. The lowest BCUT2D eigenvalue weighted by Crippen LogP contribution is -2.29. The first kappa shape index (κ1) is 9.47. The first-order valence-electron chi connectivity index (χ1n) is 5.79. The fourth-order valence-electron chi connectivity index (χ4n) is 2.47. The molecule has 1 saturated heterocycles. The fourth-order valence-corrected chi connectivity index (χ4v) is 2.47. The number of unbranched alkanes of at least 4 members (excludes halogenated alkanes) is 1. The van der Waals surface area contributed by atoms with Crippen molar-refractivity contribution < 1.29 is 0 Å². The third-order valence-corrected chi connectivity index (χ3v) is 3.72. The first-order valence-corrected chi connectivity index (χ1v) is 5.79. The maximum Gasteiger partial charge on any atom is 0.00116 e. The highest BCUT2D eigenvalue weighted by molar-refractivity contribution is 5.05. The lowest BCUT2D eigenvalue weighted by atomic mass is 9.93. The molecule has 2 nitrogen and oxygen atoms in total. The molecular weight excluding hydrogens is 160 g/mol. The van der Waals surface area contributed by atoms with Crippen LogP contribution in [0.4, 0.5) is 0 Å². The Morgan fingerprint density at radius 3 is 3.00 bits per heavy atom. The third-order valence-electron chi connectivity index (χ3n) is 3.72. The molecule has 2 fully saturated rings. The molecule has 0 radical (unpaired) electrons.